The van der Waals surface area contributed by atoms with Gasteiger partial charge in [0.25, 0.3) is 11.8 Å². The minimum Gasteiger partial charge on any atom is -0.404 e. The lowest BCUT2D eigenvalue weighted by atomic mass is 9.93. The highest BCUT2D eigenvalue weighted by Gasteiger charge is 2.56. The van der Waals surface area contributed by atoms with Crippen LogP contribution in [0, 0.1) is 11.8 Å². The van der Waals surface area contributed by atoms with E-state index in [1.165, 1.54) is 25.1 Å². The summed E-state index contributed by atoms with van der Waals surface area (Å²) in [6.07, 6.45) is 7.03. The number of hydrogen-bond acceptors (Lipinski definition) is 7. The minimum absolute atomic E-state index is 0.0130. The summed E-state index contributed by atoms with van der Waals surface area (Å²) in [6.45, 7) is 0.728. The van der Waals surface area contributed by atoms with Gasteiger partial charge in [-0.1, -0.05) is 5.16 Å². The van der Waals surface area contributed by atoms with Gasteiger partial charge in [-0.2, -0.15) is 0 Å². The molecule has 0 spiro atoms. The Morgan fingerprint density at radius 1 is 1.39 bits per heavy atom. The van der Waals surface area contributed by atoms with E-state index in [-0.39, 0.29) is 18.2 Å². The number of nitrogens with one attached hydrogen (secondary N) is 3. The van der Waals surface area contributed by atoms with E-state index < -0.39 is 23.4 Å². The molecule has 0 aromatic carbocycles. The summed E-state index contributed by atoms with van der Waals surface area (Å²) in [6, 6.07) is 0.921. The molecule has 0 radical (unpaired) electrons. The highest BCUT2D eigenvalue weighted by Crippen LogP contribution is 2.41. The normalized spacial score (nSPS) is 25.1. The maximum atomic E-state index is 12.4. The van der Waals surface area contributed by atoms with Crippen molar-refractivity contribution in [2.24, 2.45) is 22.6 Å². The van der Waals surface area contributed by atoms with Gasteiger partial charge in [-0.25, -0.2) is 4.79 Å². The zero-order valence-electron chi connectivity index (χ0n) is 15.2. The second kappa shape index (κ2) is 7.10. The Morgan fingerprint density at radius 2 is 2.18 bits per heavy atom. The number of imide groups is 1. The average Bonchev–Trinajstić information content (AvgIpc) is 3.60. The van der Waals surface area contributed by atoms with Crippen molar-refractivity contribution >= 4 is 29.6 Å². The van der Waals surface area contributed by atoms with Crippen molar-refractivity contribution in [3.05, 3.63) is 23.7 Å². The number of nitrogens with two attached hydrogens (primary N) is 1. The Hall–Kier alpha value is -3.17. The van der Waals surface area contributed by atoms with Crippen LogP contribution in [0.1, 0.15) is 41.9 Å². The van der Waals surface area contributed by atoms with E-state index in [0.717, 1.165) is 19.4 Å². The molecule has 4 amide bonds. The first-order valence-electron chi connectivity index (χ1n) is 9.32. The molecule has 4 rings (SSSR count). The molecule has 1 saturated heterocycles. The van der Waals surface area contributed by atoms with Gasteiger partial charge in [0, 0.05) is 30.6 Å². The molecule has 2 aliphatic carbocycles. The van der Waals surface area contributed by atoms with Crippen LogP contribution in [0.15, 0.2) is 21.8 Å². The summed E-state index contributed by atoms with van der Waals surface area (Å²) in [5.74, 6) is -0.293. The van der Waals surface area contributed by atoms with Crippen LogP contribution in [0.3, 0.4) is 0 Å². The first kappa shape index (κ1) is 18.2. The van der Waals surface area contributed by atoms with E-state index in [2.05, 4.69) is 26.1 Å². The van der Waals surface area contributed by atoms with Crippen LogP contribution < -0.4 is 21.7 Å². The summed E-state index contributed by atoms with van der Waals surface area (Å²) in [5.41, 5.74) is 5.48. The third kappa shape index (κ3) is 3.62. The average molecular weight is 386 g/mol. The van der Waals surface area contributed by atoms with E-state index in [0.29, 0.717) is 17.2 Å². The third-order valence-electron chi connectivity index (χ3n) is 5.27. The van der Waals surface area contributed by atoms with Crippen molar-refractivity contribution in [3.8, 4) is 0 Å². The van der Waals surface area contributed by atoms with E-state index in [4.69, 9.17) is 10.3 Å². The third-order valence-corrected chi connectivity index (χ3v) is 5.27. The predicted octanol–water partition coefficient (Wildman–Crippen LogP) is 0.173. The van der Waals surface area contributed by atoms with Crippen molar-refractivity contribution < 1.29 is 18.9 Å². The van der Waals surface area contributed by atoms with Gasteiger partial charge in [-0.05, 0) is 37.5 Å². The molecule has 10 heteroatoms. The molecule has 0 bridgehead atoms. The van der Waals surface area contributed by atoms with Gasteiger partial charge < -0.3 is 20.9 Å². The molecule has 1 aromatic rings. The van der Waals surface area contributed by atoms with Crippen molar-refractivity contribution in [1.82, 2.24) is 21.1 Å². The molecule has 2 saturated carbocycles. The van der Waals surface area contributed by atoms with Crippen LogP contribution in [-0.4, -0.2) is 47.8 Å². The number of carbonyl (C=O) groups excluding carboxylic acids is 3. The van der Waals surface area contributed by atoms with Gasteiger partial charge in [0.1, 0.15) is 11.2 Å². The zero-order valence-corrected chi connectivity index (χ0v) is 15.2. The molecule has 1 aromatic heterocycles. The van der Waals surface area contributed by atoms with Gasteiger partial charge in [0.05, 0.1) is 6.54 Å². The number of rotatable bonds is 8. The minimum atomic E-state index is -1.10. The molecule has 28 heavy (non-hydrogen) atoms. The topological polar surface area (TPSA) is 152 Å². The smallest absolute Gasteiger partial charge is 0.322 e. The van der Waals surface area contributed by atoms with Gasteiger partial charge in [0.2, 0.25) is 5.76 Å². The Bertz CT molecular complexity index is 867. The Kier molecular flexibility index (Phi) is 4.62. The Labute approximate surface area is 161 Å². The lowest BCUT2D eigenvalue weighted by Crippen LogP contribution is -2.57. The number of aromatic nitrogens is 1. The van der Waals surface area contributed by atoms with Gasteiger partial charge in [0.15, 0.2) is 0 Å². The number of aliphatic imine (C=N–C) groups is 1. The van der Waals surface area contributed by atoms with Gasteiger partial charge >= 0.3 is 6.03 Å². The molecule has 3 aliphatic rings. The summed E-state index contributed by atoms with van der Waals surface area (Å²) in [4.78, 5) is 40.5. The second-order valence-corrected chi connectivity index (χ2v) is 7.47. The van der Waals surface area contributed by atoms with E-state index in [1.54, 1.807) is 6.21 Å². The van der Waals surface area contributed by atoms with Gasteiger partial charge in [-0.3, -0.25) is 19.9 Å². The molecule has 0 unspecified atom stereocenters. The van der Waals surface area contributed by atoms with Crippen LogP contribution in [0.5, 0.6) is 0 Å². The highest BCUT2D eigenvalue weighted by molar-refractivity contribution is 6.09. The maximum absolute atomic E-state index is 12.4. The Morgan fingerprint density at radius 3 is 2.79 bits per heavy atom. The van der Waals surface area contributed by atoms with Crippen LogP contribution in [0.4, 0.5) is 4.79 Å². The van der Waals surface area contributed by atoms with Crippen LogP contribution >= 0.6 is 0 Å². The van der Waals surface area contributed by atoms with E-state index in [1.807, 2.05) is 0 Å². The van der Waals surface area contributed by atoms with Gasteiger partial charge in [-0.15, -0.1) is 0 Å². The largest absolute Gasteiger partial charge is 0.404 e. The fourth-order valence-corrected chi connectivity index (χ4v) is 3.26. The van der Waals surface area contributed by atoms with Crippen molar-refractivity contribution in [2.45, 2.75) is 31.2 Å². The van der Waals surface area contributed by atoms with Crippen LogP contribution in [-0.2, 0) is 4.79 Å². The number of amides is 4. The number of carbonyl (C=O) groups is 3. The lowest BCUT2D eigenvalue weighted by molar-refractivity contribution is -0.124. The fourth-order valence-electron chi connectivity index (χ4n) is 3.26. The molecular formula is C18H22N6O4. The molecule has 5 N–H and O–H groups in total. The lowest BCUT2D eigenvalue weighted by Gasteiger charge is -2.25. The second-order valence-electron chi connectivity index (χ2n) is 7.47. The van der Waals surface area contributed by atoms with E-state index in [9.17, 15) is 14.4 Å². The van der Waals surface area contributed by atoms with Crippen molar-refractivity contribution in [1.29, 1.82) is 0 Å². The summed E-state index contributed by atoms with van der Waals surface area (Å²) < 4.78 is 5.11. The number of allylic oxidation sites excluding steroid dienone is 1. The van der Waals surface area contributed by atoms with Crippen LogP contribution in [0.2, 0.25) is 0 Å². The highest BCUT2D eigenvalue weighted by atomic mass is 16.5. The first-order valence-corrected chi connectivity index (χ1v) is 9.32. The van der Waals surface area contributed by atoms with E-state index >= 15 is 0 Å². The maximum Gasteiger partial charge on any atom is 0.322 e. The summed E-state index contributed by atoms with van der Waals surface area (Å²) in [5, 5.41) is 11.4. The molecule has 1 atom stereocenters. The molecule has 3 fully saturated rings. The van der Waals surface area contributed by atoms with Crippen molar-refractivity contribution in [2.75, 3.05) is 13.1 Å². The first-order chi connectivity index (χ1) is 13.5. The SMILES string of the molecule is N/C=C(\C=NCC1CC1)c1cc(C(=O)NC[C@@]2(C3CC3)NC(=O)NC2=O)on1. The fraction of sp³-hybridized carbons (Fsp3) is 0.500. The molecule has 2 heterocycles. The van der Waals surface area contributed by atoms with Crippen LogP contribution in [0.25, 0.3) is 5.57 Å². The monoisotopic (exact) mass is 386 g/mol. The molecule has 10 nitrogen and oxygen atoms in total. The molecule has 1 aliphatic heterocycles. The number of urea groups is 1. The summed E-state index contributed by atoms with van der Waals surface area (Å²) >= 11 is 0. The predicted molar refractivity (Wildman–Crippen MR) is 99.2 cm³/mol. The summed E-state index contributed by atoms with van der Waals surface area (Å²) in [7, 11) is 0. The quantitative estimate of drug-likeness (QED) is 0.369. The number of hydrogen-bond donors (Lipinski definition) is 4. The standard InChI is InChI=1S/C18H22N6O4/c19-6-11(8-20-7-10-1-2-10)13-5-14(28-24-13)15(25)21-9-18(12-3-4-12)16(26)22-17(27)23-18/h5-6,8,10,12H,1-4,7,9,19H2,(H,21,25)(H2,22,23,26,27)/b11-6+,20-8?/t18-/m0/s1. The molecular weight excluding hydrogens is 364 g/mol. The number of nitrogens with zero attached hydrogens (tertiary/aromatic N) is 2. The Balaban J connectivity index is 1.39. The van der Waals surface area contributed by atoms with Crippen molar-refractivity contribution in [3.63, 3.8) is 0 Å². The zero-order chi connectivity index (χ0) is 19.7. The molecule has 148 valence electrons.